The monoisotopic (exact) mass is 557 g/mol. The number of nitro benzene ring substituents is 1. The SMILES string of the molecule is COc1ccc([N+](=O)[O-])cc1NC(=O)[C@@H](C)OC(=O)c1ccc(NS(=O)(=O)c2ccc3c(c2)OCCO3)cc1. The first-order valence-electron chi connectivity index (χ1n) is 11.4. The van der Waals surface area contributed by atoms with E-state index in [9.17, 15) is 28.1 Å². The molecule has 1 heterocycles. The Kier molecular flexibility index (Phi) is 7.85. The van der Waals surface area contributed by atoms with Crippen molar-refractivity contribution >= 4 is 39.0 Å². The number of nitro groups is 1. The van der Waals surface area contributed by atoms with Gasteiger partial charge >= 0.3 is 5.97 Å². The quantitative estimate of drug-likeness (QED) is 0.226. The number of anilines is 2. The van der Waals surface area contributed by atoms with Crippen LogP contribution >= 0.6 is 0 Å². The van der Waals surface area contributed by atoms with E-state index in [0.717, 1.165) is 6.07 Å². The Labute approximate surface area is 222 Å². The number of carbonyl (C=O) groups is 2. The van der Waals surface area contributed by atoms with E-state index in [-0.39, 0.29) is 33.3 Å². The number of nitrogens with zero attached hydrogens (tertiary/aromatic N) is 1. The number of hydrogen-bond donors (Lipinski definition) is 2. The van der Waals surface area contributed by atoms with Gasteiger partial charge in [0, 0.05) is 23.9 Å². The van der Waals surface area contributed by atoms with E-state index in [4.69, 9.17) is 18.9 Å². The Balaban J connectivity index is 1.38. The number of methoxy groups -OCH3 is 1. The molecule has 0 saturated carbocycles. The van der Waals surface area contributed by atoms with Crippen molar-refractivity contribution in [2.45, 2.75) is 17.9 Å². The molecule has 13 nitrogen and oxygen atoms in total. The third kappa shape index (κ3) is 6.35. The van der Waals surface area contributed by atoms with Crippen LogP contribution in [0.5, 0.6) is 17.2 Å². The van der Waals surface area contributed by atoms with Gasteiger partial charge in [0.2, 0.25) is 0 Å². The third-order valence-electron chi connectivity index (χ3n) is 5.50. The van der Waals surface area contributed by atoms with E-state index in [1.54, 1.807) is 0 Å². The maximum absolute atomic E-state index is 12.8. The second-order valence-corrected chi connectivity index (χ2v) is 9.85. The van der Waals surface area contributed by atoms with Gasteiger partial charge in [-0.2, -0.15) is 0 Å². The molecule has 1 aliphatic heterocycles. The van der Waals surface area contributed by atoms with E-state index in [2.05, 4.69) is 10.0 Å². The van der Waals surface area contributed by atoms with E-state index in [1.165, 1.54) is 68.6 Å². The Morgan fingerprint density at radius 2 is 1.69 bits per heavy atom. The molecule has 0 spiro atoms. The second-order valence-electron chi connectivity index (χ2n) is 8.17. The number of non-ortho nitro benzene ring substituents is 1. The van der Waals surface area contributed by atoms with Crippen LogP contribution in [0.3, 0.4) is 0 Å². The van der Waals surface area contributed by atoms with Crippen molar-refractivity contribution in [1.82, 2.24) is 0 Å². The first-order chi connectivity index (χ1) is 18.6. The molecule has 0 bridgehead atoms. The molecule has 0 aliphatic carbocycles. The van der Waals surface area contributed by atoms with Gasteiger partial charge in [-0.15, -0.1) is 0 Å². The fourth-order valence-corrected chi connectivity index (χ4v) is 4.58. The number of esters is 1. The molecule has 4 rings (SSSR count). The number of nitrogens with one attached hydrogen (secondary N) is 2. The Morgan fingerprint density at radius 1 is 1.00 bits per heavy atom. The molecule has 39 heavy (non-hydrogen) atoms. The normalized spacial score (nSPS) is 13.1. The average Bonchev–Trinajstić information content (AvgIpc) is 2.92. The molecule has 14 heteroatoms. The lowest BCUT2D eigenvalue weighted by Crippen LogP contribution is -2.30. The number of rotatable bonds is 9. The van der Waals surface area contributed by atoms with E-state index >= 15 is 0 Å². The summed E-state index contributed by atoms with van der Waals surface area (Å²) in [4.78, 5) is 35.5. The zero-order valence-corrected chi connectivity index (χ0v) is 21.5. The van der Waals surface area contributed by atoms with Crippen LogP contribution in [0, 0.1) is 10.1 Å². The molecule has 204 valence electrons. The fourth-order valence-electron chi connectivity index (χ4n) is 3.50. The summed E-state index contributed by atoms with van der Waals surface area (Å²) in [6.07, 6.45) is -1.27. The van der Waals surface area contributed by atoms with Gasteiger partial charge in [-0.25, -0.2) is 13.2 Å². The van der Waals surface area contributed by atoms with Gasteiger partial charge < -0.3 is 24.3 Å². The summed E-state index contributed by atoms with van der Waals surface area (Å²) >= 11 is 0. The Hall–Kier alpha value is -4.85. The lowest BCUT2D eigenvalue weighted by Gasteiger charge is -2.19. The zero-order valence-electron chi connectivity index (χ0n) is 20.7. The molecule has 3 aromatic carbocycles. The van der Waals surface area contributed by atoms with Gasteiger partial charge in [-0.3, -0.25) is 19.6 Å². The van der Waals surface area contributed by atoms with Crippen LogP contribution in [0.25, 0.3) is 0 Å². The van der Waals surface area contributed by atoms with E-state index in [1.807, 2.05) is 0 Å². The van der Waals surface area contributed by atoms with Crippen LogP contribution in [-0.2, 0) is 19.6 Å². The molecular weight excluding hydrogens is 534 g/mol. The lowest BCUT2D eigenvalue weighted by molar-refractivity contribution is -0.384. The molecule has 0 aromatic heterocycles. The summed E-state index contributed by atoms with van der Waals surface area (Å²) in [6, 6.07) is 13.3. The molecule has 0 fully saturated rings. The predicted molar refractivity (Wildman–Crippen MR) is 138 cm³/mol. The van der Waals surface area contributed by atoms with Gasteiger partial charge in [-0.05, 0) is 49.4 Å². The lowest BCUT2D eigenvalue weighted by atomic mass is 10.2. The number of benzene rings is 3. The largest absolute Gasteiger partial charge is 0.495 e. The molecule has 0 saturated heterocycles. The molecule has 0 unspecified atom stereocenters. The van der Waals surface area contributed by atoms with Crippen molar-refractivity contribution in [2.75, 3.05) is 30.4 Å². The van der Waals surface area contributed by atoms with Gasteiger partial charge in [0.15, 0.2) is 17.6 Å². The average molecular weight is 558 g/mol. The number of hydrogen-bond acceptors (Lipinski definition) is 10. The number of fused-ring (bicyclic) bond motifs is 1. The van der Waals surface area contributed by atoms with E-state index < -0.39 is 32.9 Å². The topological polar surface area (TPSA) is 172 Å². The van der Waals surface area contributed by atoms with Crippen LogP contribution in [0.15, 0.2) is 65.6 Å². The number of carbonyl (C=O) groups excluding carboxylic acids is 2. The zero-order chi connectivity index (χ0) is 28.2. The summed E-state index contributed by atoms with van der Waals surface area (Å²) < 4.78 is 49.1. The van der Waals surface area contributed by atoms with Crippen LogP contribution in [0.2, 0.25) is 0 Å². The molecule has 1 amide bonds. The molecule has 3 aromatic rings. The minimum absolute atomic E-state index is 0.0320. The number of amides is 1. The highest BCUT2D eigenvalue weighted by Crippen LogP contribution is 2.33. The minimum Gasteiger partial charge on any atom is -0.495 e. The maximum Gasteiger partial charge on any atom is 0.338 e. The van der Waals surface area contributed by atoms with E-state index in [0.29, 0.717) is 24.7 Å². The molecular formula is C25H23N3O10S. The number of sulfonamides is 1. The fraction of sp³-hybridized carbons (Fsp3) is 0.200. The minimum atomic E-state index is -3.96. The Bertz CT molecular complexity index is 1520. The summed E-state index contributed by atoms with van der Waals surface area (Å²) in [7, 11) is -2.63. The van der Waals surface area contributed by atoms with Crippen molar-refractivity contribution in [3.05, 3.63) is 76.3 Å². The van der Waals surface area contributed by atoms with Crippen molar-refractivity contribution in [3.63, 3.8) is 0 Å². The van der Waals surface area contributed by atoms with Crippen LogP contribution in [0.1, 0.15) is 17.3 Å². The van der Waals surface area contributed by atoms with Gasteiger partial charge in [0.05, 0.1) is 28.2 Å². The second kappa shape index (κ2) is 11.3. The number of ether oxygens (including phenoxy) is 4. The molecule has 2 N–H and O–H groups in total. The molecule has 1 aliphatic rings. The van der Waals surface area contributed by atoms with Crippen LogP contribution < -0.4 is 24.2 Å². The summed E-state index contributed by atoms with van der Waals surface area (Å²) in [6.45, 7) is 2.01. The summed E-state index contributed by atoms with van der Waals surface area (Å²) in [5, 5.41) is 13.5. The smallest absolute Gasteiger partial charge is 0.338 e. The van der Waals surface area contributed by atoms with Gasteiger partial charge in [0.1, 0.15) is 19.0 Å². The highest BCUT2D eigenvalue weighted by Gasteiger charge is 2.23. The van der Waals surface area contributed by atoms with Crippen molar-refractivity contribution in [3.8, 4) is 17.2 Å². The predicted octanol–water partition coefficient (Wildman–Crippen LogP) is 3.36. The Morgan fingerprint density at radius 3 is 2.36 bits per heavy atom. The van der Waals surface area contributed by atoms with Crippen molar-refractivity contribution in [1.29, 1.82) is 0 Å². The molecule has 0 radical (unpaired) electrons. The van der Waals surface area contributed by atoms with Gasteiger partial charge in [0.25, 0.3) is 21.6 Å². The van der Waals surface area contributed by atoms with Gasteiger partial charge in [-0.1, -0.05) is 0 Å². The highest BCUT2D eigenvalue weighted by atomic mass is 32.2. The highest BCUT2D eigenvalue weighted by molar-refractivity contribution is 7.92. The molecule has 1 atom stereocenters. The standard InChI is InChI=1S/C25H23N3O10S/c1-15(24(29)26-20-13-18(28(31)32)7-9-21(20)35-2)38-25(30)16-3-5-17(6-4-16)27-39(33,34)19-8-10-22-23(14-19)37-12-11-36-22/h3-10,13-15,27H,11-12H2,1-2H3,(H,26,29)/t15-/m1/s1. The summed E-state index contributed by atoms with van der Waals surface area (Å²) in [5.41, 5.74) is 0.0181. The summed E-state index contributed by atoms with van der Waals surface area (Å²) in [5.74, 6) is -0.628. The van der Waals surface area contributed by atoms with Crippen molar-refractivity contribution < 1.29 is 41.9 Å². The van der Waals surface area contributed by atoms with Crippen LogP contribution in [-0.4, -0.2) is 51.6 Å². The van der Waals surface area contributed by atoms with Crippen molar-refractivity contribution in [2.24, 2.45) is 0 Å². The third-order valence-corrected chi connectivity index (χ3v) is 6.88. The maximum atomic E-state index is 12.8. The first-order valence-corrected chi connectivity index (χ1v) is 12.9. The van der Waals surface area contributed by atoms with Crippen LogP contribution in [0.4, 0.5) is 17.1 Å². The first kappa shape index (κ1) is 27.2.